The fraction of sp³-hybridized carbons (Fsp3) is 0.0556. The third kappa shape index (κ3) is 3.64. The van der Waals surface area contributed by atoms with Gasteiger partial charge in [-0.15, -0.1) is 0 Å². The Bertz CT molecular complexity index is 973. The number of carbonyl (C=O) groups excluding carboxylic acids is 2. The van der Waals surface area contributed by atoms with Crippen molar-refractivity contribution in [3.8, 4) is 11.1 Å². The quantitative estimate of drug-likeness (QED) is 0.527. The van der Waals surface area contributed by atoms with Crippen molar-refractivity contribution in [2.24, 2.45) is 0 Å². The first-order chi connectivity index (χ1) is 12.4. The summed E-state index contributed by atoms with van der Waals surface area (Å²) in [5, 5.41) is 0. The lowest BCUT2D eigenvalue weighted by atomic mass is 10.0. The number of aromatic nitrogens is 3. The Morgan fingerprint density at radius 2 is 1.54 bits per heavy atom. The molecular formula is C18H10F3N3O2. The third-order valence-electron chi connectivity index (χ3n) is 3.50. The average Bonchev–Trinajstić information content (AvgIpc) is 2.67. The van der Waals surface area contributed by atoms with E-state index in [4.69, 9.17) is 0 Å². The number of alkyl halides is 3. The van der Waals surface area contributed by atoms with Crippen molar-refractivity contribution in [1.29, 1.82) is 0 Å². The van der Waals surface area contributed by atoms with E-state index in [0.717, 1.165) is 18.2 Å². The van der Waals surface area contributed by atoms with Gasteiger partial charge < -0.3 is 0 Å². The van der Waals surface area contributed by atoms with Gasteiger partial charge in [0.15, 0.2) is 0 Å². The molecule has 0 amide bonds. The van der Waals surface area contributed by atoms with E-state index in [0.29, 0.717) is 11.1 Å². The van der Waals surface area contributed by atoms with Gasteiger partial charge in [-0.1, -0.05) is 24.3 Å². The fourth-order valence-corrected chi connectivity index (χ4v) is 2.25. The van der Waals surface area contributed by atoms with Crippen LogP contribution in [0.3, 0.4) is 0 Å². The molecule has 5 nitrogen and oxygen atoms in total. The lowest BCUT2D eigenvalue weighted by Crippen LogP contribution is -2.18. The summed E-state index contributed by atoms with van der Waals surface area (Å²) in [6.45, 7) is 0. The summed E-state index contributed by atoms with van der Waals surface area (Å²) < 4.78 is 38.2. The first kappa shape index (κ1) is 17.4. The number of rotatable bonds is 4. The maximum atomic E-state index is 12.7. The Morgan fingerprint density at radius 3 is 2.23 bits per heavy atom. The Balaban J connectivity index is 1.92. The molecular weight excluding hydrogens is 347 g/mol. The topological polar surface area (TPSA) is 72.8 Å². The lowest BCUT2D eigenvalue weighted by Gasteiger charge is -2.07. The number of ketones is 2. The zero-order valence-corrected chi connectivity index (χ0v) is 13.1. The number of hydrogen-bond donors (Lipinski definition) is 0. The predicted octanol–water partition coefficient (Wildman–Crippen LogP) is 3.62. The molecule has 0 saturated heterocycles. The van der Waals surface area contributed by atoms with Gasteiger partial charge in [0.2, 0.25) is 5.78 Å². The normalized spacial score (nSPS) is 11.2. The van der Waals surface area contributed by atoms with E-state index in [1.807, 2.05) is 0 Å². The molecule has 0 fully saturated rings. The number of pyridine rings is 1. The van der Waals surface area contributed by atoms with Crippen LogP contribution in [0.15, 0.2) is 61.2 Å². The van der Waals surface area contributed by atoms with Crippen molar-refractivity contribution in [1.82, 2.24) is 15.0 Å². The molecule has 0 aliphatic rings. The van der Waals surface area contributed by atoms with Crippen molar-refractivity contribution in [3.05, 3.63) is 78.1 Å². The molecule has 2 aromatic heterocycles. The van der Waals surface area contributed by atoms with Gasteiger partial charge in [-0.3, -0.25) is 9.59 Å². The molecule has 3 rings (SSSR count). The molecule has 0 saturated carbocycles. The summed E-state index contributed by atoms with van der Waals surface area (Å²) in [6, 6.07) is 8.95. The van der Waals surface area contributed by atoms with E-state index in [-0.39, 0.29) is 5.56 Å². The minimum Gasteiger partial charge on any atom is -0.285 e. The van der Waals surface area contributed by atoms with Crippen LogP contribution >= 0.6 is 0 Å². The number of nitrogens with zero attached hydrogens (tertiary/aromatic N) is 3. The molecule has 0 aliphatic heterocycles. The summed E-state index contributed by atoms with van der Waals surface area (Å²) in [5.41, 5.74) is -0.520. The smallest absolute Gasteiger partial charge is 0.285 e. The first-order valence-corrected chi connectivity index (χ1v) is 7.35. The molecule has 0 atom stereocenters. The highest BCUT2D eigenvalue weighted by Gasteiger charge is 2.33. The second kappa shape index (κ2) is 6.83. The van der Waals surface area contributed by atoms with Crippen LogP contribution in [0.2, 0.25) is 0 Å². The van der Waals surface area contributed by atoms with Gasteiger partial charge >= 0.3 is 6.18 Å². The second-order valence-electron chi connectivity index (χ2n) is 5.27. The maximum Gasteiger partial charge on any atom is 0.433 e. The van der Waals surface area contributed by atoms with Crippen LogP contribution in [0.4, 0.5) is 13.2 Å². The Hall–Kier alpha value is -3.42. The number of hydrogen-bond acceptors (Lipinski definition) is 5. The van der Waals surface area contributed by atoms with Crippen molar-refractivity contribution in [3.63, 3.8) is 0 Å². The van der Waals surface area contributed by atoms with Crippen LogP contribution < -0.4 is 0 Å². The van der Waals surface area contributed by atoms with Gasteiger partial charge in [0.1, 0.15) is 17.7 Å². The van der Waals surface area contributed by atoms with E-state index in [2.05, 4.69) is 15.0 Å². The molecule has 2 heterocycles. The molecule has 26 heavy (non-hydrogen) atoms. The largest absolute Gasteiger partial charge is 0.433 e. The number of carbonyl (C=O) groups is 2. The Kier molecular flexibility index (Phi) is 4.57. The standard InChI is InChI=1S/C18H10F3N3O2/c19-18(20,21)15-6-2-5-14(24-15)17(26)16(25)12-4-1-3-11(7-12)13-8-22-10-23-9-13/h1-10H. The monoisotopic (exact) mass is 357 g/mol. The van der Waals surface area contributed by atoms with Crippen molar-refractivity contribution < 1.29 is 22.8 Å². The van der Waals surface area contributed by atoms with Gasteiger partial charge in [0.05, 0.1) is 0 Å². The minimum absolute atomic E-state index is 0.0376. The highest BCUT2D eigenvalue weighted by molar-refractivity contribution is 6.48. The lowest BCUT2D eigenvalue weighted by molar-refractivity contribution is -0.141. The second-order valence-corrected chi connectivity index (χ2v) is 5.27. The van der Waals surface area contributed by atoms with Gasteiger partial charge in [-0.25, -0.2) is 15.0 Å². The zero-order valence-electron chi connectivity index (χ0n) is 13.1. The minimum atomic E-state index is -4.70. The first-order valence-electron chi connectivity index (χ1n) is 7.35. The van der Waals surface area contributed by atoms with Crippen LogP contribution in [-0.4, -0.2) is 26.5 Å². The van der Waals surface area contributed by atoms with Crippen LogP contribution in [-0.2, 0) is 6.18 Å². The Morgan fingerprint density at radius 1 is 0.846 bits per heavy atom. The average molecular weight is 357 g/mol. The van der Waals surface area contributed by atoms with Gasteiger partial charge in [0.25, 0.3) is 5.78 Å². The third-order valence-corrected chi connectivity index (χ3v) is 3.50. The van der Waals surface area contributed by atoms with E-state index >= 15 is 0 Å². The number of halogens is 3. The fourth-order valence-electron chi connectivity index (χ4n) is 2.25. The van der Waals surface area contributed by atoms with Crippen LogP contribution in [0.1, 0.15) is 26.5 Å². The summed E-state index contributed by atoms with van der Waals surface area (Å²) in [7, 11) is 0. The van der Waals surface area contributed by atoms with Gasteiger partial charge in [0, 0.05) is 23.5 Å². The van der Waals surface area contributed by atoms with Crippen molar-refractivity contribution in [2.75, 3.05) is 0 Å². The molecule has 3 aromatic rings. The number of Topliss-reactive ketones (excluding diaryl/α,β-unsaturated/α-hetero) is 2. The molecule has 0 N–H and O–H groups in total. The van der Waals surface area contributed by atoms with Crippen molar-refractivity contribution in [2.45, 2.75) is 6.18 Å². The van der Waals surface area contributed by atoms with Crippen molar-refractivity contribution >= 4 is 11.6 Å². The van der Waals surface area contributed by atoms with Gasteiger partial charge in [-0.05, 0) is 23.8 Å². The summed E-state index contributed by atoms with van der Waals surface area (Å²) in [5.74, 6) is -2.06. The predicted molar refractivity (Wildman–Crippen MR) is 85.4 cm³/mol. The molecule has 0 spiro atoms. The molecule has 0 radical (unpaired) electrons. The Labute approximate surface area is 145 Å². The maximum absolute atomic E-state index is 12.7. The molecule has 0 aliphatic carbocycles. The van der Waals surface area contributed by atoms with E-state index < -0.39 is 29.1 Å². The molecule has 130 valence electrons. The molecule has 1 aromatic carbocycles. The molecule has 8 heteroatoms. The van der Waals surface area contributed by atoms with E-state index in [1.54, 1.807) is 12.1 Å². The highest BCUT2D eigenvalue weighted by Crippen LogP contribution is 2.27. The summed E-state index contributed by atoms with van der Waals surface area (Å²) in [4.78, 5) is 35.7. The highest BCUT2D eigenvalue weighted by atomic mass is 19.4. The molecule has 0 unspecified atom stereocenters. The van der Waals surface area contributed by atoms with E-state index in [9.17, 15) is 22.8 Å². The zero-order chi connectivity index (χ0) is 18.7. The SMILES string of the molecule is O=C(C(=O)c1cccc(C(F)(F)F)n1)c1cccc(-c2cncnc2)c1. The van der Waals surface area contributed by atoms with Crippen LogP contribution in [0.5, 0.6) is 0 Å². The summed E-state index contributed by atoms with van der Waals surface area (Å²) in [6.07, 6.45) is -0.284. The van der Waals surface area contributed by atoms with E-state index in [1.165, 1.54) is 30.9 Å². The summed E-state index contributed by atoms with van der Waals surface area (Å²) >= 11 is 0. The van der Waals surface area contributed by atoms with Gasteiger partial charge in [-0.2, -0.15) is 13.2 Å². The van der Waals surface area contributed by atoms with Crippen LogP contribution in [0.25, 0.3) is 11.1 Å². The number of benzene rings is 1. The molecule has 0 bridgehead atoms. The van der Waals surface area contributed by atoms with Crippen LogP contribution in [0, 0.1) is 0 Å².